The summed E-state index contributed by atoms with van der Waals surface area (Å²) in [6.45, 7) is 7.86. The Morgan fingerprint density at radius 1 is 1.06 bits per heavy atom. The molecule has 1 aromatic heterocycles. The van der Waals surface area contributed by atoms with E-state index in [2.05, 4.69) is 15.2 Å². The van der Waals surface area contributed by atoms with Crippen LogP contribution < -0.4 is 15.0 Å². The predicted octanol–water partition coefficient (Wildman–Crippen LogP) is 2.87. The lowest BCUT2D eigenvalue weighted by Gasteiger charge is -2.38. The molecular weight excluding hydrogens is 408 g/mol. The number of nitrogens with zero attached hydrogens (tertiary/aromatic N) is 3. The number of carbonyl (C=O) groups is 2. The minimum atomic E-state index is -0.718. The second-order valence-corrected chi connectivity index (χ2v) is 8.74. The number of para-hydroxylation sites is 2. The largest absolute Gasteiger partial charge is 0.495 e. The first-order valence-corrected chi connectivity index (χ1v) is 10.8. The van der Waals surface area contributed by atoms with Crippen LogP contribution in [0.4, 0.5) is 10.5 Å². The van der Waals surface area contributed by atoms with Crippen molar-refractivity contribution in [2.24, 2.45) is 0 Å². The van der Waals surface area contributed by atoms with Gasteiger partial charge >= 0.3 is 6.09 Å². The lowest BCUT2D eigenvalue weighted by atomic mass is 10.1. The number of pyridine rings is 1. The van der Waals surface area contributed by atoms with Crippen LogP contribution in [0.5, 0.6) is 5.75 Å². The number of ether oxygens (including phenoxy) is 2. The van der Waals surface area contributed by atoms with Crippen LogP contribution >= 0.6 is 0 Å². The predicted molar refractivity (Wildman–Crippen MR) is 123 cm³/mol. The Balaban J connectivity index is 1.68. The van der Waals surface area contributed by atoms with Crippen molar-refractivity contribution in [3.63, 3.8) is 0 Å². The average molecular weight is 441 g/mol. The van der Waals surface area contributed by atoms with Crippen LogP contribution in [0.3, 0.4) is 0 Å². The normalized spacial score (nSPS) is 15.1. The van der Waals surface area contributed by atoms with Crippen LogP contribution in [0.2, 0.25) is 0 Å². The van der Waals surface area contributed by atoms with Gasteiger partial charge in [0.25, 0.3) is 0 Å². The fraction of sp³-hybridized carbons (Fsp3) is 0.458. The highest BCUT2D eigenvalue weighted by Crippen LogP contribution is 2.28. The van der Waals surface area contributed by atoms with E-state index in [-0.39, 0.29) is 5.91 Å². The number of alkyl carbamates (subject to hydrolysis) is 1. The molecule has 0 spiro atoms. The zero-order chi connectivity index (χ0) is 23.1. The Hall–Kier alpha value is -3.29. The molecule has 0 saturated carbocycles. The van der Waals surface area contributed by atoms with Gasteiger partial charge in [0.1, 0.15) is 17.4 Å². The molecule has 1 aliphatic heterocycles. The molecule has 2 heterocycles. The van der Waals surface area contributed by atoms with Crippen LogP contribution in [0.15, 0.2) is 48.8 Å². The number of nitrogens with one attached hydrogen (secondary N) is 1. The van der Waals surface area contributed by atoms with Gasteiger partial charge in [0.05, 0.1) is 12.8 Å². The lowest BCUT2D eigenvalue weighted by Crippen LogP contribution is -2.56. The third-order valence-electron chi connectivity index (χ3n) is 5.20. The third-order valence-corrected chi connectivity index (χ3v) is 5.20. The first-order valence-electron chi connectivity index (χ1n) is 10.8. The Morgan fingerprint density at radius 3 is 2.34 bits per heavy atom. The van der Waals surface area contributed by atoms with Crippen LogP contribution in [0.1, 0.15) is 26.3 Å². The van der Waals surface area contributed by atoms with Crippen molar-refractivity contribution in [2.45, 2.75) is 38.8 Å². The smallest absolute Gasteiger partial charge is 0.408 e. The minimum Gasteiger partial charge on any atom is -0.495 e. The van der Waals surface area contributed by atoms with Gasteiger partial charge in [-0.15, -0.1) is 0 Å². The first kappa shape index (κ1) is 23.4. The minimum absolute atomic E-state index is 0.118. The zero-order valence-electron chi connectivity index (χ0n) is 19.2. The summed E-state index contributed by atoms with van der Waals surface area (Å²) in [5.74, 6) is 0.696. The highest BCUT2D eigenvalue weighted by atomic mass is 16.6. The van der Waals surface area contributed by atoms with Gasteiger partial charge in [-0.05, 0) is 50.6 Å². The summed E-state index contributed by atoms with van der Waals surface area (Å²) < 4.78 is 10.9. The molecular formula is C24H32N4O4. The number of hydrogen-bond donors (Lipinski definition) is 1. The molecule has 2 aromatic rings. The zero-order valence-corrected chi connectivity index (χ0v) is 19.2. The summed E-state index contributed by atoms with van der Waals surface area (Å²) in [7, 11) is 1.66. The van der Waals surface area contributed by atoms with E-state index in [0.29, 0.717) is 32.6 Å². The summed E-state index contributed by atoms with van der Waals surface area (Å²) >= 11 is 0. The fourth-order valence-electron chi connectivity index (χ4n) is 3.68. The molecule has 1 aromatic carbocycles. The lowest BCUT2D eigenvalue weighted by molar-refractivity contribution is -0.133. The van der Waals surface area contributed by atoms with Crippen LogP contribution in [-0.4, -0.2) is 66.8 Å². The van der Waals surface area contributed by atoms with E-state index in [1.165, 1.54) is 0 Å². The van der Waals surface area contributed by atoms with Crippen molar-refractivity contribution in [2.75, 3.05) is 38.2 Å². The molecule has 172 valence electrons. The molecule has 1 fully saturated rings. The van der Waals surface area contributed by atoms with Crippen molar-refractivity contribution in [3.05, 3.63) is 54.4 Å². The number of piperazine rings is 1. The number of hydrogen-bond acceptors (Lipinski definition) is 6. The number of rotatable bonds is 6. The maximum Gasteiger partial charge on any atom is 0.408 e. The standard InChI is InChI=1S/C24H32N4O4/c1-24(2,3)32-23(30)26-19(17-18-9-11-25-12-10-18)22(29)28-15-13-27(14-16-28)20-7-5-6-8-21(20)31-4/h5-12,19H,13-17H2,1-4H3,(H,26,30). The van der Waals surface area contributed by atoms with Gasteiger partial charge in [-0.2, -0.15) is 0 Å². The van der Waals surface area contributed by atoms with Crippen molar-refractivity contribution < 1.29 is 19.1 Å². The van der Waals surface area contributed by atoms with Crippen molar-refractivity contribution in [1.29, 1.82) is 0 Å². The Bertz CT molecular complexity index is 906. The number of aromatic nitrogens is 1. The number of anilines is 1. The third kappa shape index (κ3) is 6.35. The van der Waals surface area contributed by atoms with Crippen molar-refractivity contribution in [1.82, 2.24) is 15.2 Å². The van der Waals surface area contributed by atoms with E-state index in [1.54, 1.807) is 45.2 Å². The van der Waals surface area contributed by atoms with Gasteiger partial charge in [0.2, 0.25) is 5.91 Å². The molecule has 8 nitrogen and oxygen atoms in total. The Labute approximate surface area is 189 Å². The van der Waals surface area contributed by atoms with E-state index in [1.807, 2.05) is 36.4 Å². The van der Waals surface area contributed by atoms with E-state index in [9.17, 15) is 9.59 Å². The molecule has 1 unspecified atom stereocenters. The van der Waals surface area contributed by atoms with Crippen LogP contribution in [0, 0.1) is 0 Å². The summed E-state index contributed by atoms with van der Waals surface area (Å²) in [5, 5.41) is 2.77. The van der Waals surface area contributed by atoms with Gasteiger partial charge in [0.15, 0.2) is 0 Å². The van der Waals surface area contributed by atoms with Gasteiger partial charge in [-0.3, -0.25) is 9.78 Å². The molecule has 2 amide bonds. The van der Waals surface area contributed by atoms with E-state index < -0.39 is 17.7 Å². The van der Waals surface area contributed by atoms with E-state index >= 15 is 0 Å². The number of amides is 2. The number of methoxy groups -OCH3 is 1. The SMILES string of the molecule is COc1ccccc1N1CCN(C(=O)C(Cc2ccncc2)NC(=O)OC(C)(C)C)CC1. The molecule has 32 heavy (non-hydrogen) atoms. The Morgan fingerprint density at radius 2 is 1.72 bits per heavy atom. The second-order valence-electron chi connectivity index (χ2n) is 8.74. The van der Waals surface area contributed by atoms with Crippen molar-refractivity contribution in [3.8, 4) is 5.75 Å². The number of benzene rings is 1. The molecule has 3 rings (SSSR count). The molecule has 1 aliphatic rings. The Kier molecular flexibility index (Phi) is 7.56. The molecule has 1 N–H and O–H groups in total. The summed E-state index contributed by atoms with van der Waals surface area (Å²) in [5.41, 5.74) is 1.29. The van der Waals surface area contributed by atoms with Gasteiger partial charge in [0, 0.05) is 45.0 Å². The summed E-state index contributed by atoms with van der Waals surface area (Å²) in [6.07, 6.45) is 3.12. The molecule has 0 bridgehead atoms. The first-order chi connectivity index (χ1) is 15.3. The van der Waals surface area contributed by atoms with Crippen molar-refractivity contribution >= 4 is 17.7 Å². The van der Waals surface area contributed by atoms with Gasteiger partial charge in [-0.25, -0.2) is 4.79 Å². The topological polar surface area (TPSA) is 84.0 Å². The quantitative estimate of drug-likeness (QED) is 0.744. The second kappa shape index (κ2) is 10.3. The molecule has 1 atom stereocenters. The molecule has 0 radical (unpaired) electrons. The van der Waals surface area contributed by atoms with Crippen LogP contribution in [-0.2, 0) is 16.0 Å². The fourth-order valence-corrected chi connectivity index (χ4v) is 3.68. The van der Waals surface area contributed by atoms with E-state index in [0.717, 1.165) is 17.0 Å². The summed E-state index contributed by atoms with van der Waals surface area (Å²) in [4.78, 5) is 33.8. The monoisotopic (exact) mass is 440 g/mol. The maximum absolute atomic E-state index is 13.4. The van der Waals surface area contributed by atoms with Gasteiger partial charge < -0.3 is 24.6 Å². The molecule has 1 saturated heterocycles. The van der Waals surface area contributed by atoms with Gasteiger partial charge in [-0.1, -0.05) is 12.1 Å². The number of carbonyl (C=O) groups excluding carboxylic acids is 2. The summed E-state index contributed by atoms with van der Waals surface area (Å²) in [6, 6.07) is 10.8. The average Bonchev–Trinajstić information content (AvgIpc) is 2.77. The van der Waals surface area contributed by atoms with Crippen LogP contribution in [0.25, 0.3) is 0 Å². The molecule has 8 heteroatoms. The van der Waals surface area contributed by atoms with E-state index in [4.69, 9.17) is 9.47 Å². The maximum atomic E-state index is 13.4. The highest BCUT2D eigenvalue weighted by Gasteiger charge is 2.30. The molecule has 0 aliphatic carbocycles. The highest BCUT2D eigenvalue weighted by molar-refractivity contribution is 5.86.